The molecule has 0 saturated heterocycles. The van der Waals surface area contributed by atoms with Crippen LogP contribution in [0.3, 0.4) is 0 Å². The van der Waals surface area contributed by atoms with Crippen molar-refractivity contribution in [2.45, 2.75) is 19.8 Å². The molecule has 138 valence electrons. The Morgan fingerprint density at radius 3 is 2.56 bits per heavy atom. The topological polar surface area (TPSA) is 89.7 Å². The normalized spacial score (nSPS) is 16.9. The SMILES string of the molecule is CCOc1cc(/C=C2\CC/C(=C\c3ccccc3[N+](=O)[O-])C2=O)ccc1O. The number of carbonyl (C=O) groups excluding carboxylic acids is 1. The van der Waals surface area contributed by atoms with E-state index in [1.165, 1.54) is 12.1 Å². The molecule has 0 aliphatic heterocycles. The number of ether oxygens (including phenoxy) is 1. The predicted octanol–water partition coefficient (Wildman–Crippen LogP) is 4.53. The fraction of sp³-hybridized carbons (Fsp3) is 0.190. The first-order chi connectivity index (χ1) is 13.0. The summed E-state index contributed by atoms with van der Waals surface area (Å²) >= 11 is 0. The van der Waals surface area contributed by atoms with Crippen LogP contribution >= 0.6 is 0 Å². The minimum absolute atomic E-state index is 0.0184. The fourth-order valence-electron chi connectivity index (χ4n) is 3.03. The van der Waals surface area contributed by atoms with E-state index in [9.17, 15) is 20.0 Å². The zero-order chi connectivity index (χ0) is 19.4. The maximum atomic E-state index is 12.7. The van der Waals surface area contributed by atoms with Gasteiger partial charge in [-0.25, -0.2) is 0 Å². The average molecular weight is 365 g/mol. The van der Waals surface area contributed by atoms with Gasteiger partial charge in [-0.3, -0.25) is 14.9 Å². The number of nitro groups is 1. The van der Waals surface area contributed by atoms with Gasteiger partial charge in [0.1, 0.15) is 0 Å². The molecule has 1 aliphatic rings. The zero-order valence-electron chi connectivity index (χ0n) is 14.8. The first-order valence-electron chi connectivity index (χ1n) is 8.64. The first-order valence-corrected chi connectivity index (χ1v) is 8.64. The van der Waals surface area contributed by atoms with Crippen molar-refractivity contribution in [3.63, 3.8) is 0 Å². The van der Waals surface area contributed by atoms with Crippen LogP contribution < -0.4 is 4.74 Å². The van der Waals surface area contributed by atoms with E-state index in [1.807, 2.05) is 6.92 Å². The number of benzene rings is 2. The van der Waals surface area contributed by atoms with Gasteiger partial charge < -0.3 is 9.84 Å². The first kappa shape index (κ1) is 18.4. The van der Waals surface area contributed by atoms with Gasteiger partial charge in [0, 0.05) is 17.2 Å². The molecule has 0 atom stereocenters. The number of Topliss-reactive ketones (excluding diaryl/α,β-unsaturated/α-hetero) is 1. The van der Waals surface area contributed by atoms with Crippen molar-refractivity contribution in [1.82, 2.24) is 0 Å². The number of nitrogens with zero attached hydrogens (tertiary/aromatic N) is 1. The summed E-state index contributed by atoms with van der Waals surface area (Å²) in [6, 6.07) is 11.3. The second-order valence-electron chi connectivity index (χ2n) is 6.14. The lowest BCUT2D eigenvalue weighted by molar-refractivity contribution is -0.385. The van der Waals surface area contributed by atoms with Crippen molar-refractivity contribution in [3.05, 3.63) is 74.9 Å². The number of hydrogen-bond acceptors (Lipinski definition) is 5. The summed E-state index contributed by atoms with van der Waals surface area (Å²) < 4.78 is 5.36. The summed E-state index contributed by atoms with van der Waals surface area (Å²) in [4.78, 5) is 23.4. The van der Waals surface area contributed by atoms with Crippen LogP contribution in [0.1, 0.15) is 30.9 Å². The molecule has 0 unspecified atom stereocenters. The summed E-state index contributed by atoms with van der Waals surface area (Å²) in [6.45, 7) is 2.25. The number of carbonyl (C=O) groups is 1. The molecule has 0 heterocycles. The van der Waals surface area contributed by atoms with Gasteiger partial charge in [0.25, 0.3) is 5.69 Å². The molecule has 0 amide bonds. The summed E-state index contributed by atoms with van der Waals surface area (Å²) in [5.74, 6) is 0.306. The summed E-state index contributed by atoms with van der Waals surface area (Å²) in [7, 11) is 0. The van der Waals surface area contributed by atoms with Gasteiger partial charge in [-0.05, 0) is 55.7 Å². The second kappa shape index (κ2) is 7.86. The molecule has 27 heavy (non-hydrogen) atoms. The maximum absolute atomic E-state index is 12.7. The zero-order valence-corrected chi connectivity index (χ0v) is 14.8. The number of rotatable bonds is 5. The summed E-state index contributed by atoms with van der Waals surface area (Å²) in [5.41, 5.74) is 2.35. The van der Waals surface area contributed by atoms with E-state index < -0.39 is 4.92 Å². The third-order valence-electron chi connectivity index (χ3n) is 4.33. The number of para-hydroxylation sites is 1. The molecular formula is C21H19NO5. The van der Waals surface area contributed by atoms with Gasteiger partial charge in [0.2, 0.25) is 0 Å². The highest BCUT2D eigenvalue weighted by atomic mass is 16.6. The highest BCUT2D eigenvalue weighted by Crippen LogP contribution is 2.33. The third kappa shape index (κ3) is 4.06. The molecule has 2 aromatic rings. The molecule has 1 N–H and O–H groups in total. The quantitative estimate of drug-likeness (QED) is 0.478. The number of allylic oxidation sites excluding steroid dienone is 2. The van der Waals surface area contributed by atoms with Crippen LogP contribution in [0.4, 0.5) is 5.69 Å². The van der Waals surface area contributed by atoms with Gasteiger partial charge in [0.15, 0.2) is 17.3 Å². The van der Waals surface area contributed by atoms with Crippen molar-refractivity contribution in [3.8, 4) is 11.5 Å². The van der Waals surface area contributed by atoms with E-state index in [-0.39, 0.29) is 17.2 Å². The largest absolute Gasteiger partial charge is 0.504 e. The fourth-order valence-corrected chi connectivity index (χ4v) is 3.03. The Morgan fingerprint density at radius 2 is 1.85 bits per heavy atom. The van der Waals surface area contributed by atoms with Gasteiger partial charge in [0.05, 0.1) is 17.1 Å². The Morgan fingerprint density at radius 1 is 1.15 bits per heavy atom. The van der Waals surface area contributed by atoms with Crippen molar-refractivity contribution >= 4 is 23.6 Å². The van der Waals surface area contributed by atoms with Gasteiger partial charge in [-0.1, -0.05) is 18.2 Å². The molecule has 2 aromatic carbocycles. The number of aromatic hydroxyl groups is 1. The number of phenolic OH excluding ortho intramolecular Hbond substituents is 1. The van der Waals surface area contributed by atoms with Crippen LogP contribution in [0.2, 0.25) is 0 Å². The maximum Gasteiger partial charge on any atom is 0.276 e. The van der Waals surface area contributed by atoms with E-state index in [2.05, 4.69) is 0 Å². The number of ketones is 1. The molecule has 6 heteroatoms. The summed E-state index contributed by atoms with van der Waals surface area (Å²) in [6.07, 6.45) is 4.47. The van der Waals surface area contributed by atoms with Crippen molar-refractivity contribution in [2.75, 3.05) is 6.61 Å². The molecular weight excluding hydrogens is 346 g/mol. The second-order valence-corrected chi connectivity index (χ2v) is 6.14. The van der Waals surface area contributed by atoms with Gasteiger partial charge in [-0.2, -0.15) is 0 Å². The van der Waals surface area contributed by atoms with Crippen LogP contribution in [0.15, 0.2) is 53.6 Å². The molecule has 3 rings (SSSR count). The van der Waals surface area contributed by atoms with Crippen LogP contribution in [-0.4, -0.2) is 22.4 Å². The Kier molecular flexibility index (Phi) is 5.35. The van der Waals surface area contributed by atoms with Crippen molar-refractivity contribution in [1.29, 1.82) is 0 Å². The summed E-state index contributed by atoms with van der Waals surface area (Å²) in [5, 5.41) is 20.9. The monoisotopic (exact) mass is 365 g/mol. The minimum atomic E-state index is -0.450. The van der Waals surface area contributed by atoms with Gasteiger partial charge in [-0.15, -0.1) is 0 Å². The average Bonchev–Trinajstić information content (AvgIpc) is 2.98. The molecule has 0 aromatic heterocycles. The van der Waals surface area contributed by atoms with Crippen LogP contribution in [0.5, 0.6) is 11.5 Å². The molecule has 6 nitrogen and oxygen atoms in total. The minimum Gasteiger partial charge on any atom is -0.504 e. The van der Waals surface area contributed by atoms with E-state index >= 15 is 0 Å². The van der Waals surface area contributed by atoms with Crippen molar-refractivity contribution < 1.29 is 19.6 Å². The van der Waals surface area contributed by atoms with Crippen LogP contribution in [0, 0.1) is 10.1 Å². The molecule has 0 bridgehead atoms. The van der Waals surface area contributed by atoms with Crippen LogP contribution in [-0.2, 0) is 4.79 Å². The van der Waals surface area contributed by atoms with Crippen molar-refractivity contribution in [2.24, 2.45) is 0 Å². The number of hydrogen-bond donors (Lipinski definition) is 1. The van der Waals surface area contributed by atoms with E-state index in [1.54, 1.807) is 42.5 Å². The number of phenols is 1. The Balaban J connectivity index is 1.88. The smallest absolute Gasteiger partial charge is 0.276 e. The highest BCUT2D eigenvalue weighted by molar-refractivity contribution is 6.15. The molecule has 1 saturated carbocycles. The Labute approximate surface area is 156 Å². The van der Waals surface area contributed by atoms with Crippen LogP contribution in [0.25, 0.3) is 12.2 Å². The van der Waals surface area contributed by atoms with E-state index in [4.69, 9.17) is 4.74 Å². The van der Waals surface area contributed by atoms with Gasteiger partial charge >= 0.3 is 0 Å². The molecule has 0 radical (unpaired) electrons. The lowest BCUT2D eigenvalue weighted by Gasteiger charge is -2.06. The van der Waals surface area contributed by atoms with E-state index in [0.717, 1.165) is 5.56 Å². The lowest BCUT2D eigenvalue weighted by Crippen LogP contribution is -1.97. The molecule has 1 fully saturated rings. The Bertz CT molecular complexity index is 959. The predicted molar refractivity (Wildman–Crippen MR) is 103 cm³/mol. The van der Waals surface area contributed by atoms with E-state index in [0.29, 0.717) is 41.9 Å². The highest BCUT2D eigenvalue weighted by Gasteiger charge is 2.24. The molecule has 0 spiro atoms. The Hall–Kier alpha value is -3.41. The third-order valence-corrected chi connectivity index (χ3v) is 4.33. The molecule has 1 aliphatic carbocycles. The number of nitro benzene ring substituents is 1. The lowest BCUT2D eigenvalue weighted by atomic mass is 10.1. The standard InChI is InChI=1S/C21H19NO5/c1-2-27-20-12-14(7-10-19(20)23)11-16-8-9-17(21(16)24)13-15-5-3-4-6-18(15)22(25)26/h3-7,10-13,23H,2,8-9H2,1H3/b16-11+,17-13+.